The quantitative estimate of drug-likeness (QED) is 0.863. The minimum absolute atomic E-state index is 0.120. The van der Waals surface area contributed by atoms with Gasteiger partial charge >= 0.3 is 0 Å². The number of hydrogen-bond donors (Lipinski definition) is 2. The van der Waals surface area contributed by atoms with E-state index in [0.717, 1.165) is 21.4 Å². The summed E-state index contributed by atoms with van der Waals surface area (Å²) in [6, 6.07) is 13.3. The van der Waals surface area contributed by atoms with Crippen LogP contribution in [0.25, 0.3) is 0 Å². The number of halogens is 1. The molecule has 0 unspecified atom stereocenters. The highest BCUT2D eigenvalue weighted by atomic mass is 79.9. The van der Waals surface area contributed by atoms with E-state index in [4.69, 9.17) is 4.74 Å². The number of ether oxygens (including phenoxy) is 1. The van der Waals surface area contributed by atoms with Crippen molar-refractivity contribution in [1.29, 1.82) is 0 Å². The maximum absolute atomic E-state index is 12.0. The number of carbonyl (C=O) groups excluding carboxylic acids is 1. The topological polar surface area (TPSA) is 50.4 Å². The average Bonchev–Trinajstić information content (AvgIpc) is 2.48. The fourth-order valence-electron chi connectivity index (χ4n) is 1.89. The van der Waals surface area contributed by atoms with Gasteiger partial charge in [0.25, 0.3) is 0 Å². The van der Waals surface area contributed by atoms with Gasteiger partial charge in [0.2, 0.25) is 5.91 Å². The lowest BCUT2D eigenvalue weighted by molar-refractivity contribution is -0.114. The van der Waals surface area contributed by atoms with Crippen LogP contribution in [0.4, 0.5) is 11.4 Å². The molecule has 0 aromatic heterocycles. The molecule has 1 amide bonds. The van der Waals surface area contributed by atoms with Gasteiger partial charge in [-0.2, -0.15) is 0 Å². The third-order valence-corrected chi connectivity index (χ3v) is 3.63. The van der Waals surface area contributed by atoms with Crippen LogP contribution in [0.3, 0.4) is 0 Å². The fourth-order valence-corrected chi connectivity index (χ4v) is 2.28. The van der Waals surface area contributed by atoms with Gasteiger partial charge in [0.1, 0.15) is 5.75 Å². The predicted octanol–water partition coefficient (Wildman–Crippen LogP) is 3.82. The zero-order chi connectivity index (χ0) is 15.2. The number of rotatable bonds is 5. The van der Waals surface area contributed by atoms with Gasteiger partial charge in [0.05, 0.1) is 25.0 Å². The van der Waals surface area contributed by atoms with Crippen LogP contribution in [0.1, 0.15) is 5.56 Å². The van der Waals surface area contributed by atoms with E-state index >= 15 is 0 Å². The van der Waals surface area contributed by atoms with E-state index in [0.29, 0.717) is 5.75 Å². The summed E-state index contributed by atoms with van der Waals surface area (Å²) >= 11 is 3.40. The number of anilines is 2. The van der Waals surface area contributed by atoms with E-state index in [-0.39, 0.29) is 12.5 Å². The Hall–Kier alpha value is -2.01. The molecule has 2 rings (SSSR count). The Morgan fingerprint density at radius 3 is 2.67 bits per heavy atom. The second-order valence-corrected chi connectivity index (χ2v) is 5.44. The van der Waals surface area contributed by atoms with Gasteiger partial charge in [-0.3, -0.25) is 4.79 Å². The minimum atomic E-state index is -0.120. The summed E-state index contributed by atoms with van der Waals surface area (Å²) in [5, 5.41) is 5.94. The highest BCUT2D eigenvalue weighted by molar-refractivity contribution is 9.10. The van der Waals surface area contributed by atoms with Gasteiger partial charge < -0.3 is 15.4 Å². The first-order chi connectivity index (χ1) is 10.1. The van der Waals surface area contributed by atoms with Crippen molar-refractivity contribution in [3.63, 3.8) is 0 Å². The Balaban J connectivity index is 1.98. The molecule has 0 atom stereocenters. The van der Waals surface area contributed by atoms with E-state index in [9.17, 15) is 4.79 Å². The van der Waals surface area contributed by atoms with Crippen LogP contribution >= 0.6 is 15.9 Å². The molecule has 5 heteroatoms. The van der Waals surface area contributed by atoms with Gasteiger partial charge in [-0.1, -0.05) is 18.2 Å². The van der Waals surface area contributed by atoms with Crippen molar-refractivity contribution < 1.29 is 9.53 Å². The molecule has 0 aliphatic heterocycles. The lowest BCUT2D eigenvalue weighted by Crippen LogP contribution is -2.22. The molecule has 0 saturated heterocycles. The first-order valence-corrected chi connectivity index (χ1v) is 7.32. The van der Waals surface area contributed by atoms with Crippen molar-refractivity contribution in [3.05, 3.63) is 52.5 Å². The third-order valence-electron chi connectivity index (χ3n) is 2.94. The summed E-state index contributed by atoms with van der Waals surface area (Å²) in [7, 11) is 1.61. The number of aryl methyl sites for hydroxylation is 1. The zero-order valence-electron chi connectivity index (χ0n) is 11.9. The Morgan fingerprint density at radius 2 is 1.95 bits per heavy atom. The number of hydrogen-bond acceptors (Lipinski definition) is 3. The summed E-state index contributed by atoms with van der Waals surface area (Å²) in [6.07, 6.45) is 0. The first-order valence-electron chi connectivity index (χ1n) is 6.53. The molecule has 110 valence electrons. The van der Waals surface area contributed by atoms with Crippen LogP contribution in [-0.4, -0.2) is 19.6 Å². The van der Waals surface area contributed by atoms with Crippen LogP contribution in [0.2, 0.25) is 0 Å². The van der Waals surface area contributed by atoms with Crippen LogP contribution in [0.5, 0.6) is 5.75 Å². The van der Waals surface area contributed by atoms with Crippen molar-refractivity contribution in [2.45, 2.75) is 6.92 Å². The second kappa shape index (κ2) is 7.13. The third kappa shape index (κ3) is 4.23. The number of benzene rings is 2. The Bertz CT molecular complexity index is 644. The molecule has 0 aliphatic carbocycles. The molecule has 0 spiro atoms. The molecule has 0 saturated carbocycles. The molecule has 0 bridgehead atoms. The number of para-hydroxylation sites is 1. The van der Waals surface area contributed by atoms with E-state index in [1.54, 1.807) is 7.11 Å². The largest absolute Gasteiger partial charge is 0.495 e. The van der Waals surface area contributed by atoms with E-state index in [1.165, 1.54) is 0 Å². The van der Waals surface area contributed by atoms with Crippen LogP contribution in [-0.2, 0) is 4.79 Å². The van der Waals surface area contributed by atoms with Crippen molar-refractivity contribution in [2.75, 3.05) is 24.3 Å². The highest BCUT2D eigenvalue weighted by Gasteiger charge is 2.07. The normalized spacial score (nSPS) is 10.0. The monoisotopic (exact) mass is 348 g/mol. The molecule has 0 aliphatic rings. The molecule has 21 heavy (non-hydrogen) atoms. The number of nitrogens with one attached hydrogen (secondary N) is 2. The first kappa shape index (κ1) is 15.4. The molecule has 2 aromatic carbocycles. The number of amides is 1. The van der Waals surface area contributed by atoms with E-state index < -0.39 is 0 Å². The summed E-state index contributed by atoms with van der Waals surface area (Å²) in [6.45, 7) is 2.16. The standard InChI is InChI=1S/C16H17BrN2O2/c1-11-7-8-15(21-2)14(9-11)18-10-16(20)19-13-6-4-3-5-12(13)17/h3-9,18H,10H2,1-2H3,(H,19,20). The minimum Gasteiger partial charge on any atom is -0.495 e. The maximum Gasteiger partial charge on any atom is 0.243 e. The summed E-state index contributed by atoms with van der Waals surface area (Å²) in [4.78, 5) is 12.0. The van der Waals surface area contributed by atoms with E-state index in [2.05, 4.69) is 26.6 Å². The van der Waals surface area contributed by atoms with Crippen molar-refractivity contribution in [3.8, 4) is 5.75 Å². The Kier molecular flexibility index (Phi) is 5.22. The Labute approximate surface area is 132 Å². The smallest absolute Gasteiger partial charge is 0.243 e. The average molecular weight is 349 g/mol. The Morgan fingerprint density at radius 1 is 1.19 bits per heavy atom. The summed E-state index contributed by atoms with van der Waals surface area (Å²) in [5.41, 5.74) is 2.66. The predicted molar refractivity (Wildman–Crippen MR) is 89.0 cm³/mol. The molecular formula is C16H17BrN2O2. The molecule has 0 fully saturated rings. The number of methoxy groups -OCH3 is 1. The second-order valence-electron chi connectivity index (χ2n) is 4.59. The van der Waals surface area contributed by atoms with Crippen LogP contribution < -0.4 is 15.4 Å². The molecule has 4 nitrogen and oxygen atoms in total. The molecule has 0 radical (unpaired) electrons. The fraction of sp³-hybridized carbons (Fsp3) is 0.188. The van der Waals surface area contributed by atoms with Gasteiger partial charge in [-0.25, -0.2) is 0 Å². The van der Waals surface area contributed by atoms with Crippen LogP contribution in [0.15, 0.2) is 46.9 Å². The maximum atomic E-state index is 12.0. The van der Waals surface area contributed by atoms with Gasteiger partial charge in [0.15, 0.2) is 0 Å². The lowest BCUT2D eigenvalue weighted by atomic mass is 10.2. The van der Waals surface area contributed by atoms with Gasteiger partial charge in [-0.05, 0) is 52.7 Å². The van der Waals surface area contributed by atoms with Crippen molar-refractivity contribution in [1.82, 2.24) is 0 Å². The molecule has 2 N–H and O–H groups in total. The van der Waals surface area contributed by atoms with Crippen molar-refractivity contribution >= 4 is 33.2 Å². The van der Waals surface area contributed by atoms with Gasteiger partial charge in [0, 0.05) is 4.47 Å². The molecule has 2 aromatic rings. The molecule has 0 heterocycles. The highest BCUT2D eigenvalue weighted by Crippen LogP contribution is 2.25. The zero-order valence-corrected chi connectivity index (χ0v) is 13.5. The molecular weight excluding hydrogens is 332 g/mol. The summed E-state index contributed by atoms with van der Waals surface area (Å²) < 4.78 is 6.12. The van der Waals surface area contributed by atoms with Gasteiger partial charge in [-0.15, -0.1) is 0 Å². The lowest BCUT2D eigenvalue weighted by Gasteiger charge is -2.12. The number of carbonyl (C=O) groups is 1. The van der Waals surface area contributed by atoms with Crippen LogP contribution in [0, 0.1) is 6.92 Å². The summed E-state index contributed by atoms with van der Waals surface area (Å²) in [5.74, 6) is 0.597. The van der Waals surface area contributed by atoms with E-state index in [1.807, 2.05) is 49.4 Å². The SMILES string of the molecule is COc1ccc(C)cc1NCC(=O)Nc1ccccc1Br. The van der Waals surface area contributed by atoms with Crippen molar-refractivity contribution in [2.24, 2.45) is 0 Å².